The summed E-state index contributed by atoms with van der Waals surface area (Å²) in [6.45, 7) is 3.64. The number of amides is 2. The van der Waals surface area contributed by atoms with Crippen molar-refractivity contribution in [1.29, 1.82) is 0 Å². The molecule has 2 fully saturated rings. The van der Waals surface area contributed by atoms with Crippen LogP contribution in [0.3, 0.4) is 0 Å². The molecule has 128 valence electrons. The van der Waals surface area contributed by atoms with Gasteiger partial charge in [0.1, 0.15) is 11.9 Å². The van der Waals surface area contributed by atoms with Gasteiger partial charge in [0.05, 0.1) is 13.1 Å². The van der Waals surface area contributed by atoms with Gasteiger partial charge < -0.3 is 15.0 Å². The Kier molecular flexibility index (Phi) is 4.69. The fourth-order valence-corrected chi connectivity index (χ4v) is 2.95. The highest BCUT2D eigenvalue weighted by atomic mass is 16.6. The minimum atomic E-state index is -0.401. The molecule has 1 aromatic carbocycles. The van der Waals surface area contributed by atoms with Gasteiger partial charge in [-0.2, -0.15) is 0 Å². The Bertz CT molecular complexity index is 634. The van der Waals surface area contributed by atoms with Crippen LogP contribution >= 0.6 is 0 Å². The summed E-state index contributed by atoms with van der Waals surface area (Å²) < 4.78 is 5.26. The number of carbonyl (C=O) groups is 3. The SMILES string of the molecule is CC(=O)NCC1CN(c2ccc(N3CCC(=O)CC3)cc2)C(=O)O1. The number of rotatable bonds is 4. The fourth-order valence-electron chi connectivity index (χ4n) is 2.95. The lowest BCUT2D eigenvalue weighted by Gasteiger charge is -2.28. The van der Waals surface area contributed by atoms with E-state index in [1.165, 1.54) is 6.92 Å². The quantitative estimate of drug-likeness (QED) is 0.900. The van der Waals surface area contributed by atoms with E-state index in [1.54, 1.807) is 4.90 Å². The van der Waals surface area contributed by atoms with Crippen LogP contribution in [0.5, 0.6) is 0 Å². The van der Waals surface area contributed by atoms with Gasteiger partial charge in [-0.15, -0.1) is 0 Å². The number of cyclic esters (lactones) is 1. The van der Waals surface area contributed by atoms with E-state index in [-0.39, 0.29) is 12.0 Å². The van der Waals surface area contributed by atoms with Crippen LogP contribution in [0, 0.1) is 0 Å². The number of anilines is 2. The molecule has 0 radical (unpaired) electrons. The first-order valence-electron chi connectivity index (χ1n) is 8.12. The highest BCUT2D eigenvalue weighted by Crippen LogP contribution is 2.26. The van der Waals surface area contributed by atoms with Crippen molar-refractivity contribution in [2.24, 2.45) is 0 Å². The Hall–Kier alpha value is -2.57. The molecule has 1 atom stereocenters. The van der Waals surface area contributed by atoms with E-state index >= 15 is 0 Å². The van der Waals surface area contributed by atoms with Crippen molar-refractivity contribution in [2.45, 2.75) is 25.9 Å². The average molecular weight is 331 g/mol. The topological polar surface area (TPSA) is 79.0 Å². The lowest BCUT2D eigenvalue weighted by Crippen LogP contribution is -2.34. The molecule has 7 heteroatoms. The zero-order valence-electron chi connectivity index (χ0n) is 13.7. The van der Waals surface area contributed by atoms with Gasteiger partial charge in [0.2, 0.25) is 5.91 Å². The van der Waals surface area contributed by atoms with Crippen LogP contribution < -0.4 is 15.1 Å². The van der Waals surface area contributed by atoms with Gasteiger partial charge in [0.15, 0.2) is 0 Å². The molecule has 2 saturated heterocycles. The van der Waals surface area contributed by atoms with E-state index in [0.717, 1.165) is 24.5 Å². The second-order valence-electron chi connectivity index (χ2n) is 6.10. The third-order valence-electron chi connectivity index (χ3n) is 4.30. The molecule has 1 aromatic rings. The Balaban J connectivity index is 1.62. The summed E-state index contributed by atoms with van der Waals surface area (Å²) in [4.78, 5) is 38.0. The Labute approximate surface area is 140 Å². The number of hydrogen-bond donors (Lipinski definition) is 1. The Morgan fingerprint density at radius 3 is 2.42 bits per heavy atom. The highest BCUT2D eigenvalue weighted by Gasteiger charge is 2.32. The van der Waals surface area contributed by atoms with E-state index in [1.807, 2.05) is 24.3 Å². The summed E-state index contributed by atoms with van der Waals surface area (Å²) in [6, 6.07) is 7.68. The summed E-state index contributed by atoms with van der Waals surface area (Å²) in [5.74, 6) is 0.168. The average Bonchev–Trinajstić information content (AvgIpc) is 2.95. The number of nitrogens with zero attached hydrogens (tertiary/aromatic N) is 2. The molecule has 0 spiro atoms. The van der Waals surface area contributed by atoms with Crippen LogP contribution in [0.4, 0.5) is 16.2 Å². The molecule has 7 nitrogen and oxygen atoms in total. The van der Waals surface area contributed by atoms with E-state index in [0.29, 0.717) is 31.7 Å². The zero-order chi connectivity index (χ0) is 17.1. The lowest BCUT2D eigenvalue weighted by atomic mass is 10.1. The number of piperidine rings is 1. The van der Waals surface area contributed by atoms with Crippen LogP contribution in [-0.4, -0.2) is 50.1 Å². The van der Waals surface area contributed by atoms with Crippen molar-refractivity contribution in [3.8, 4) is 0 Å². The number of Topliss-reactive ketones (excluding diaryl/α,β-unsaturated/α-hetero) is 1. The molecule has 0 aliphatic carbocycles. The molecule has 3 rings (SSSR count). The molecule has 24 heavy (non-hydrogen) atoms. The number of ketones is 1. The molecule has 1 N–H and O–H groups in total. The van der Waals surface area contributed by atoms with Crippen molar-refractivity contribution in [3.05, 3.63) is 24.3 Å². The summed E-state index contributed by atoms with van der Waals surface area (Å²) in [5.41, 5.74) is 1.82. The first-order chi connectivity index (χ1) is 11.5. The van der Waals surface area contributed by atoms with Crippen molar-refractivity contribution >= 4 is 29.2 Å². The maximum Gasteiger partial charge on any atom is 0.414 e. The number of hydrogen-bond acceptors (Lipinski definition) is 5. The largest absolute Gasteiger partial charge is 0.442 e. The number of ether oxygens (including phenoxy) is 1. The smallest absolute Gasteiger partial charge is 0.414 e. The number of carbonyl (C=O) groups excluding carboxylic acids is 3. The van der Waals surface area contributed by atoms with E-state index < -0.39 is 6.09 Å². The molecule has 0 aromatic heterocycles. The van der Waals surface area contributed by atoms with Gasteiger partial charge in [0, 0.05) is 44.2 Å². The fraction of sp³-hybridized carbons (Fsp3) is 0.471. The summed E-state index contributed by atoms with van der Waals surface area (Å²) in [5, 5.41) is 2.66. The van der Waals surface area contributed by atoms with Gasteiger partial charge >= 0.3 is 6.09 Å². The summed E-state index contributed by atoms with van der Waals surface area (Å²) >= 11 is 0. The highest BCUT2D eigenvalue weighted by molar-refractivity contribution is 5.90. The third-order valence-corrected chi connectivity index (χ3v) is 4.30. The third kappa shape index (κ3) is 3.67. The molecule has 0 bridgehead atoms. The van der Waals surface area contributed by atoms with Crippen molar-refractivity contribution < 1.29 is 19.1 Å². The van der Waals surface area contributed by atoms with Crippen molar-refractivity contribution in [3.63, 3.8) is 0 Å². The van der Waals surface area contributed by atoms with Gasteiger partial charge in [0.25, 0.3) is 0 Å². The zero-order valence-corrected chi connectivity index (χ0v) is 13.7. The molecule has 1 unspecified atom stereocenters. The van der Waals surface area contributed by atoms with Crippen molar-refractivity contribution in [1.82, 2.24) is 5.32 Å². The van der Waals surface area contributed by atoms with Crippen LogP contribution in [0.2, 0.25) is 0 Å². The maximum absolute atomic E-state index is 12.0. The molecular formula is C17H21N3O4. The van der Waals surface area contributed by atoms with Crippen LogP contribution in [0.25, 0.3) is 0 Å². The predicted octanol–water partition coefficient (Wildman–Crippen LogP) is 1.32. The van der Waals surface area contributed by atoms with Gasteiger partial charge in [-0.3, -0.25) is 14.5 Å². The monoisotopic (exact) mass is 331 g/mol. The number of benzene rings is 1. The minimum absolute atomic E-state index is 0.145. The molecule has 2 aliphatic rings. The predicted molar refractivity (Wildman–Crippen MR) is 89.2 cm³/mol. The second-order valence-corrected chi connectivity index (χ2v) is 6.10. The molecule has 2 amide bonds. The van der Waals surface area contributed by atoms with Gasteiger partial charge in [-0.05, 0) is 24.3 Å². The lowest BCUT2D eigenvalue weighted by molar-refractivity contribution is -0.120. The Morgan fingerprint density at radius 1 is 1.17 bits per heavy atom. The van der Waals surface area contributed by atoms with Crippen LogP contribution in [0.1, 0.15) is 19.8 Å². The summed E-state index contributed by atoms with van der Waals surface area (Å²) in [7, 11) is 0. The van der Waals surface area contributed by atoms with Crippen LogP contribution in [0.15, 0.2) is 24.3 Å². The standard InChI is InChI=1S/C17H21N3O4/c1-12(21)18-10-16-11-20(17(23)24-16)14-4-2-13(3-5-14)19-8-6-15(22)7-9-19/h2-5,16H,6-11H2,1H3,(H,18,21). The molecule has 2 heterocycles. The summed E-state index contributed by atoms with van der Waals surface area (Å²) in [6.07, 6.45) is 0.437. The minimum Gasteiger partial charge on any atom is -0.442 e. The maximum atomic E-state index is 12.0. The van der Waals surface area contributed by atoms with Gasteiger partial charge in [-0.1, -0.05) is 0 Å². The molecule has 0 saturated carbocycles. The van der Waals surface area contributed by atoms with Crippen LogP contribution in [-0.2, 0) is 14.3 Å². The molecule has 2 aliphatic heterocycles. The van der Waals surface area contributed by atoms with Crippen molar-refractivity contribution in [2.75, 3.05) is 36.0 Å². The Morgan fingerprint density at radius 2 is 1.79 bits per heavy atom. The second kappa shape index (κ2) is 6.90. The van der Waals surface area contributed by atoms with E-state index in [4.69, 9.17) is 4.74 Å². The first kappa shape index (κ1) is 16.3. The van der Waals surface area contributed by atoms with E-state index in [9.17, 15) is 14.4 Å². The van der Waals surface area contributed by atoms with Gasteiger partial charge in [-0.25, -0.2) is 4.79 Å². The van der Waals surface area contributed by atoms with E-state index in [2.05, 4.69) is 10.2 Å². The molecular weight excluding hydrogens is 310 g/mol. The number of nitrogens with one attached hydrogen (secondary N) is 1. The first-order valence-corrected chi connectivity index (χ1v) is 8.12. The normalized spacial score (nSPS) is 21.0.